The number of piperazine rings is 1. The monoisotopic (exact) mass is 499 g/mol. The summed E-state index contributed by atoms with van der Waals surface area (Å²) in [6.07, 6.45) is -3.34. The molecule has 8 heteroatoms. The highest BCUT2D eigenvalue weighted by atomic mass is 32.1. The highest BCUT2D eigenvalue weighted by molar-refractivity contribution is 7.09. The molecule has 0 spiro atoms. The van der Waals surface area contributed by atoms with Crippen LogP contribution in [0.5, 0.6) is 0 Å². The Kier molecular flexibility index (Phi) is 6.84. The number of carbonyl (C=O) groups excluding carboxylic acids is 1. The summed E-state index contributed by atoms with van der Waals surface area (Å²) in [5.41, 5.74) is 1.98. The van der Waals surface area contributed by atoms with Crippen LogP contribution in [-0.4, -0.2) is 43.0 Å². The van der Waals surface area contributed by atoms with Crippen molar-refractivity contribution in [1.29, 1.82) is 0 Å². The fraction of sp³-hybridized carbons (Fsp3) is 0.370. The van der Waals surface area contributed by atoms with Gasteiger partial charge in [0.2, 0.25) is 5.91 Å². The first-order valence-corrected chi connectivity index (χ1v) is 12.8. The number of thiophene rings is 1. The number of anilines is 1. The van der Waals surface area contributed by atoms with E-state index in [-0.39, 0.29) is 11.9 Å². The maximum Gasteiger partial charge on any atom is 0.416 e. The molecule has 3 aromatic rings. The Morgan fingerprint density at radius 3 is 2.63 bits per heavy atom. The molecule has 1 N–H and O–H groups in total. The third kappa shape index (κ3) is 5.38. The number of hydrogen-bond donors (Lipinski definition) is 1. The molecule has 4 nitrogen and oxygen atoms in total. The van der Waals surface area contributed by atoms with E-state index in [0.29, 0.717) is 31.6 Å². The van der Waals surface area contributed by atoms with Crippen molar-refractivity contribution in [2.24, 2.45) is 5.92 Å². The predicted molar refractivity (Wildman–Crippen MR) is 133 cm³/mol. The van der Waals surface area contributed by atoms with Gasteiger partial charge in [0.1, 0.15) is 0 Å². The Morgan fingerprint density at radius 1 is 1.06 bits per heavy atom. The Morgan fingerprint density at radius 2 is 1.89 bits per heavy atom. The summed E-state index contributed by atoms with van der Waals surface area (Å²) in [7, 11) is 0. The average molecular weight is 500 g/mol. The Bertz CT molecular complexity index is 1150. The van der Waals surface area contributed by atoms with Gasteiger partial charge >= 0.3 is 6.18 Å². The fourth-order valence-electron chi connectivity index (χ4n) is 5.24. The molecule has 35 heavy (non-hydrogen) atoms. The van der Waals surface area contributed by atoms with Crippen LogP contribution in [0.4, 0.5) is 18.9 Å². The number of fused-ring (bicyclic) bond motifs is 3. The molecule has 2 aliphatic rings. The lowest BCUT2D eigenvalue weighted by atomic mass is 9.82. The average Bonchev–Trinajstić information content (AvgIpc) is 3.36. The van der Waals surface area contributed by atoms with E-state index >= 15 is 0 Å². The quantitative estimate of drug-likeness (QED) is 0.519. The minimum absolute atomic E-state index is 0.0822. The highest BCUT2D eigenvalue weighted by Crippen LogP contribution is 2.40. The molecule has 3 heterocycles. The molecule has 184 valence electrons. The first-order valence-electron chi connectivity index (χ1n) is 11.9. The number of benzene rings is 2. The number of rotatable bonds is 6. The first kappa shape index (κ1) is 23.9. The summed E-state index contributed by atoms with van der Waals surface area (Å²) in [5, 5.41) is 5.07. The first-order chi connectivity index (χ1) is 16.9. The van der Waals surface area contributed by atoms with Gasteiger partial charge in [-0.1, -0.05) is 36.4 Å². The van der Waals surface area contributed by atoms with E-state index in [1.165, 1.54) is 16.5 Å². The molecule has 5 rings (SSSR count). The van der Waals surface area contributed by atoms with Gasteiger partial charge in [0.25, 0.3) is 0 Å². The Balaban J connectivity index is 1.37. The molecule has 0 radical (unpaired) electrons. The molecule has 0 bridgehead atoms. The molecule has 1 saturated heterocycles. The van der Waals surface area contributed by atoms with Gasteiger partial charge in [-0.05, 0) is 53.6 Å². The summed E-state index contributed by atoms with van der Waals surface area (Å²) in [5.74, 6) is -0.492. The predicted octanol–water partition coefficient (Wildman–Crippen LogP) is 4.99. The normalized spacial score (nSPS) is 20.3. The van der Waals surface area contributed by atoms with E-state index in [4.69, 9.17) is 0 Å². The van der Waals surface area contributed by atoms with Gasteiger partial charge in [-0.3, -0.25) is 9.69 Å². The zero-order chi connectivity index (χ0) is 24.4. The van der Waals surface area contributed by atoms with Gasteiger partial charge in [-0.2, -0.15) is 13.2 Å². The number of alkyl halides is 3. The zero-order valence-electron chi connectivity index (χ0n) is 19.3. The second-order valence-corrected chi connectivity index (χ2v) is 10.3. The molecule has 0 saturated carbocycles. The molecule has 2 aromatic carbocycles. The van der Waals surface area contributed by atoms with E-state index in [2.05, 4.69) is 27.2 Å². The fourth-order valence-corrected chi connectivity index (χ4v) is 5.95. The number of amides is 1. The van der Waals surface area contributed by atoms with Gasteiger partial charge in [-0.25, -0.2) is 0 Å². The highest BCUT2D eigenvalue weighted by Gasteiger charge is 2.42. The van der Waals surface area contributed by atoms with E-state index < -0.39 is 17.7 Å². The number of nitrogens with one attached hydrogen (secondary N) is 1. The Hall–Kier alpha value is -2.84. The summed E-state index contributed by atoms with van der Waals surface area (Å²) in [6.45, 7) is 3.47. The lowest BCUT2D eigenvalue weighted by Gasteiger charge is -2.49. The number of hydrogen-bond acceptors (Lipinski definition) is 4. The lowest BCUT2D eigenvalue weighted by Crippen LogP contribution is -2.61. The van der Waals surface area contributed by atoms with Crippen molar-refractivity contribution in [2.75, 3.05) is 31.1 Å². The standard InChI is InChI=1S/C27H28F3N3OS/c28-27(29,30)21-8-9-24-20(15-21)16-23(26(34)31-11-10-22-7-4-14-35-22)25-18-32(12-13-33(24)25)17-19-5-2-1-3-6-19/h1-9,14-15,23,25H,10-13,16-18H2,(H,31,34). The van der Waals surface area contributed by atoms with Crippen molar-refractivity contribution in [2.45, 2.75) is 31.6 Å². The minimum Gasteiger partial charge on any atom is -0.365 e. The van der Waals surface area contributed by atoms with Crippen LogP contribution >= 0.6 is 11.3 Å². The van der Waals surface area contributed by atoms with Crippen molar-refractivity contribution in [3.05, 3.63) is 87.6 Å². The van der Waals surface area contributed by atoms with Crippen LogP contribution in [0.2, 0.25) is 0 Å². The molecule has 2 atom stereocenters. The van der Waals surface area contributed by atoms with Gasteiger partial charge in [0.05, 0.1) is 17.5 Å². The van der Waals surface area contributed by atoms with Crippen molar-refractivity contribution in [1.82, 2.24) is 10.2 Å². The van der Waals surface area contributed by atoms with Crippen LogP contribution in [0.15, 0.2) is 66.0 Å². The van der Waals surface area contributed by atoms with Crippen LogP contribution < -0.4 is 10.2 Å². The van der Waals surface area contributed by atoms with Crippen LogP contribution in [-0.2, 0) is 30.4 Å². The van der Waals surface area contributed by atoms with Crippen LogP contribution in [0.1, 0.15) is 21.6 Å². The van der Waals surface area contributed by atoms with E-state index in [1.54, 1.807) is 17.4 Å². The van der Waals surface area contributed by atoms with Gasteiger partial charge in [0.15, 0.2) is 0 Å². The van der Waals surface area contributed by atoms with Gasteiger partial charge in [0, 0.05) is 43.3 Å². The molecular formula is C27H28F3N3OS. The number of nitrogens with zero attached hydrogens (tertiary/aromatic N) is 2. The number of halogens is 3. The second-order valence-electron chi connectivity index (χ2n) is 9.25. The summed E-state index contributed by atoms with van der Waals surface area (Å²) in [4.78, 5) is 19.1. The minimum atomic E-state index is -4.40. The van der Waals surface area contributed by atoms with Crippen molar-refractivity contribution in [3.63, 3.8) is 0 Å². The van der Waals surface area contributed by atoms with Crippen LogP contribution in [0.3, 0.4) is 0 Å². The smallest absolute Gasteiger partial charge is 0.365 e. The zero-order valence-corrected chi connectivity index (χ0v) is 20.1. The maximum atomic E-state index is 13.4. The van der Waals surface area contributed by atoms with E-state index in [9.17, 15) is 18.0 Å². The van der Waals surface area contributed by atoms with Crippen LogP contribution in [0, 0.1) is 5.92 Å². The molecule has 2 unspecified atom stereocenters. The molecular weight excluding hydrogens is 471 g/mol. The van der Waals surface area contributed by atoms with E-state index in [0.717, 1.165) is 31.3 Å². The lowest BCUT2D eigenvalue weighted by molar-refractivity contribution is -0.137. The third-order valence-corrected chi connectivity index (χ3v) is 7.90. The van der Waals surface area contributed by atoms with Gasteiger partial charge < -0.3 is 10.2 Å². The van der Waals surface area contributed by atoms with Crippen molar-refractivity contribution < 1.29 is 18.0 Å². The third-order valence-electron chi connectivity index (χ3n) is 6.96. The SMILES string of the molecule is O=C(NCCc1cccs1)C1Cc2cc(C(F)(F)F)ccc2N2CCN(Cc3ccccc3)CC12. The molecule has 1 amide bonds. The van der Waals surface area contributed by atoms with Crippen molar-refractivity contribution in [3.8, 4) is 0 Å². The topological polar surface area (TPSA) is 35.6 Å². The molecule has 0 aliphatic carbocycles. The van der Waals surface area contributed by atoms with Crippen LogP contribution in [0.25, 0.3) is 0 Å². The molecule has 1 aromatic heterocycles. The van der Waals surface area contributed by atoms with Gasteiger partial charge in [-0.15, -0.1) is 11.3 Å². The summed E-state index contributed by atoms with van der Waals surface area (Å²) >= 11 is 1.65. The summed E-state index contributed by atoms with van der Waals surface area (Å²) < 4.78 is 40.2. The largest absolute Gasteiger partial charge is 0.416 e. The molecule has 1 fully saturated rings. The Labute approximate surface area is 207 Å². The number of carbonyl (C=O) groups is 1. The maximum absolute atomic E-state index is 13.4. The molecule has 2 aliphatic heterocycles. The summed E-state index contributed by atoms with van der Waals surface area (Å²) in [6, 6.07) is 18.1. The second kappa shape index (κ2) is 10.0. The van der Waals surface area contributed by atoms with Crippen molar-refractivity contribution >= 4 is 22.9 Å². The van der Waals surface area contributed by atoms with E-state index in [1.807, 2.05) is 35.7 Å².